The third kappa shape index (κ3) is 3.22. The second-order valence-electron chi connectivity index (χ2n) is 4.28. The molecule has 0 spiro atoms. The first kappa shape index (κ1) is 14.6. The number of benzene rings is 1. The van der Waals surface area contributed by atoms with Crippen LogP contribution in [-0.2, 0) is 11.3 Å². The lowest BCUT2D eigenvalue weighted by Crippen LogP contribution is -2.11. The Morgan fingerprint density at radius 3 is 2.76 bits per heavy atom. The fraction of sp³-hybridized carbons (Fsp3) is 0.200. The Morgan fingerprint density at radius 2 is 2.05 bits per heavy atom. The first-order valence-electron chi connectivity index (χ1n) is 6.36. The highest BCUT2D eigenvalue weighted by atomic mass is 16.5. The Hall–Kier alpha value is -2.76. The molecule has 1 aromatic heterocycles. The molecular formula is C15H17N3O3. The number of pyridine rings is 1. The van der Waals surface area contributed by atoms with E-state index in [0.717, 1.165) is 11.3 Å². The summed E-state index contributed by atoms with van der Waals surface area (Å²) in [5, 5.41) is 3.10. The minimum absolute atomic E-state index is 0.263. The molecule has 0 aliphatic rings. The van der Waals surface area contributed by atoms with Crippen molar-refractivity contribution in [3.8, 4) is 5.75 Å². The molecular weight excluding hydrogens is 270 g/mol. The molecule has 0 bridgehead atoms. The maximum Gasteiger partial charge on any atom is 0.340 e. The number of nitrogen functional groups attached to an aromatic ring is 1. The molecule has 110 valence electrons. The number of ether oxygens (including phenoxy) is 2. The van der Waals surface area contributed by atoms with Gasteiger partial charge < -0.3 is 20.5 Å². The zero-order valence-electron chi connectivity index (χ0n) is 11.9. The SMILES string of the molecule is COC(=O)c1ccnc(NCc2ccccc2OC)c1N. The summed E-state index contributed by atoms with van der Waals surface area (Å²) in [5.74, 6) is 0.715. The number of nitrogens with two attached hydrogens (primary N) is 1. The van der Waals surface area contributed by atoms with Gasteiger partial charge in [-0.2, -0.15) is 0 Å². The second kappa shape index (κ2) is 6.60. The molecule has 0 aliphatic carbocycles. The standard InChI is InChI=1S/C15H17N3O3/c1-20-12-6-4-3-5-10(12)9-18-14-13(16)11(7-8-17-14)15(19)21-2/h3-8H,9,16H2,1-2H3,(H,17,18). The summed E-state index contributed by atoms with van der Waals surface area (Å²) in [6, 6.07) is 9.15. The fourth-order valence-corrected chi connectivity index (χ4v) is 1.93. The van der Waals surface area contributed by atoms with Gasteiger partial charge in [0.2, 0.25) is 0 Å². The molecule has 0 radical (unpaired) electrons. The molecule has 0 unspecified atom stereocenters. The fourth-order valence-electron chi connectivity index (χ4n) is 1.93. The zero-order valence-corrected chi connectivity index (χ0v) is 11.9. The van der Waals surface area contributed by atoms with Gasteiger partial charge in [-0.1, -0.05) is 18.2 Å². The average molecular weight is 287 g/mol. The highest BCUT2D eigenvalue weighted by Gasteiger charge is 2.14. The van der Waals surface area contributed by atoms with Gasteiger partial charge in [-0.15, -0.1) is 0 Å². The van der Waals surface area contributed by atoms with Crippen LogP contribution < -0.4 is 15.8 Å². The first-order chi connectivity index (χ1) is 10.2. The van der Waals surface area contributed by atoms with Crippen LogP contribution in [0.25, 0.3) is 0 Å². The molecule has 1 heterocycles. The Labute approximate surface area is 122 Å². The molecule has 3 N–H and O–H groups in total. The van der Waals surface area contributed by atoms with Gasteiger partial charge in [0.05, 0.1) is 25.5 Å². The summed E-state index contributed by atoms with van der Waals surface area (Å²) >= 11 is 0. The van der Waals surface area contributed by atoms with E-state index in [0.29, 0.717) is 12.4 Å². The maximum atomic E-state index is 11.6. The number of anilines is 2. The van der Waals surface area contributed by atoms with E-state index in [2.05, 4.69) is 15.0 Å². The summed E-state index contributed by atoms with van der Waals surface area (Å²) < 4.78 is 9.95. The van der Waals surface area contributed by atoms with Crippen molar-refractivity contribution in [2.24, 2.45) is 0 Å². The van der Waals surface area contributed by atoms with Crippen molar-refractivity contribution < 1.29 is 14.3 Å². The molecule has 6 heteroatoms. The predicted octanol–water partition coefficient (Wildman–Crippen LogP) is 2.07. The van der Waals surface area contributed by atoms with Gasteiger partial charge in [0.1, 0.15) is 11.6 Å². The van der Waals surface area contributed by atoms with Crippen LogP contribution in [0.4, 0.5) is 11.5 Å². The zero-order chi connectivity index (χ0) is 15.2. The molecule has 0 amide bonds. The predicted molar refractivity (Wildman–Crippen MR) is 80.3 cm³/mol. The summed E-state index contributed by atoms with van der Waals surface area (Å²) in [6.45, 7) is 0.478. The Kier molecular flexibility index (Phi) is 4.61. The lowest BCUT2D eigenvalue weighted by molar-refractivity contribution is 0.0602. The highest BCUT2D eigenvalue weighted by molar-refractivity contribution is 5.97. The van der Waals surface area contributed by atoms with Crippen molar-refractivity contribution >= 4 is 17.5 Å². The minimum Gasteiger partial charge on any atom is -0.496 e. The number of rotatable bonds is 5. The number of methoxy groups -OCH3 is 2. The van der Waals surface area contributed by atoms with E-state index in [9.17, 15) is 4.79 Å². The largest absolute Gasteiger partial charge is 0.496 e. The van der Waals surface area contributed by atoms with Crippen LogP contribution in [0.15, 0.2) is 36.5 Å². The minimum atomic E-state index is -0.491. The highest BCUT2D eigenvalue weighted by Crippen LogP contribution is 2.23. The van der Waals surface area contributed by atoms with Gasteiger partial charge in [-0.25, -0.2) is 9.78 Å². The molecule has 1 aromatic carbocycles. The summed E-state index contributed by atoms with van der Waals surface area (Å²) in [5.41, 5.74) is 7.45. The number of esters is 1. The van der Waals surface area contributed by atoms with Gasteiger partial charge in [-0.3, -0.25) is 0 Å². The normalized spacial score (nSPS) is 10.0. The quantitative estimate of drug-likeness (QED) is 0.819. The van der Waals surface area contributed by atoms with E-state index in [-0.39, 0.29) is 11.3 Å². The molecule has 0 aliphatic heterocycles. The summed E-state index contributed by atoms with van der Waals surface area (Å²) in [7, 11) is 2.92. The molecule has 0 saturated carbocycles. The molecule has 0 fully saturated rings. The first-order valence-corrected chi connectivity index (χ1v) is 6.36. The van der Waals surface area contributed by atoms with Crippen molar-refractivity contribution in [3.05, 3.63) is 47.7 Å². The van der Waals surface area contributed by atoms with Gasteiger partial charge in [0, 0.05) is 18.3 Å². The van der Waals surface area contributed by atoms with Crippen molar-refractivity contribution in [2.45, 2.75) is 6.54 Å². The Bertz CT molecular complexity index is 644. The van der Waals surface area contributed by atoms with E-state index in [1.807, 2.05) is 24.3 Å². The number of nitrogens with zero attached hydrogens (tertiary/aromatic N) is 1. The number of hydrogen-bond donors (Lipinski definition) is 2. The van der Waals surface area contributed by atoms with Crippen LogP contribution in [0.1, 0.15) is 15.9 Å². The molecule has 6 nitrogen and oxygen atoms in total. The number of hydrogen-bond acceptors (Lipinski definition) is 6. The van der Waals surface area contributed by atoms with Crippen LogP contribution in [-0.4, -0.2) is 25.2 Å². The lowest BCUT2D eigenvalue weighted by atomic mass is 10.2. The number of carbonyl (C=O) groups is 1. The molecule has 21 heavy (non-hydrogen) atoms. The van der Waals surface area contributed by atoms with Crippen molar-refractivity contribution in [3.63, 3.8) is 0 Å². The Morgan fingerprint density at radius 1 is 1.29 bits per heavy atom. The van der Waals surface area contributed by atoms with Crippen molar-refractivity contribution in [1.82, 2.24) is 4.98 Å². The maximum absolute atomic E-state index is 11.6. The van der Waals surface area contributed by atoms with E-state index in [4.69, 9.17) is 10.5 Å². The monoisotopic (exact) mass is 287 g/mol. The molecule has 0 atom stereocenters. The van der Waals surface area contributed by atoms with E-state index in [1.165, 1.54) is 19.4 Å². The van der Waals surface area contributed by atoms with Gasteiger partial charge in [0.25, 0.3) is 0 Å². The van der Waals surface area contributed by atoms with E-state index < -0.39 is 5.97 Å². The smallest absolute Gasteiger partial charge is 0.340 e. The molecule has 0 saturated heterocycles. The van der Waals surface area contributed by atoms with Gasteiger partial charge in [0.15, 0.2) is 0 Å². The van der Waals surface area contributed by atoms with Crippen molar-refractivity contribution in [2.75, 3.05) is 25.3 Å². The number of nitrogens with one attached hydrogen (secondary N) is 1. The Balaban J connectivity index is 2.19. The third-order valence-electron chi connectivity index (χ3n) is 3.03. The average Bonchev–Trinajstić information content (AvgIpc) is 2.53. The number of para-hydroxylation sites is 1. The van der Waals surface area contributed by atoms with Crippen LogP contribution in [0.3, 0.4) is 0 Å². The lowest BCUT2D eigenvalue weighted by Gasteiger charge is -2.12. The van der Waals surface area contributed by atoms with Crippen LogP contribution in [0, 0.1) is 0 Å². The van der Waals surface area contributed by atoms with Crippen LogP contribution in [0.5, 0.6) is 5.75 Å². The van der Waals surface area contributed by atoms with Crippen LogP contribution in [0.2, 0.25) is 0 Å². The van der Waals surface area contributed by atoms with Gasteiger partial charge >= 0.3 is 5.97 Å². The van der Waals surface area contributed by atoms with Gasteiger partial charge in [-0.05, 0) is 12.1 Å². The second-order valence-corrected chi connectivity index (χ2v) is 4.28. The van der Waals surface area contributed by atoms with Crippen LogP contribution >= 0.6 is 0 Å². The molecule has 2 aromatic rings. The summed E-state index contributed by atoms with van der Waals surface area (Å²) in [6.07, 6.45) is 1.51. The van der Waals surface area contributed by atoms with E-state index >= 15 is 0 Å². The topological polar surface area (TPSA) is 86.5 Å². The third-order valence-corrected chi connectivity index (χ3v) is 3.03. The van der Waals surface area contributed by atoms with Crippen molar-refractivity contribution in [1.29, 1.82) is 0 Å². The van der Waals surface area contributed by atoms with E-state index in [1.54, 1.807) is 7.11 Å². The summed E-state index contributed by atoms with van der Waals surface area (Å²) in [4.78, 5) is 15.7. The molecule has 2 rings (SSSR count). The number of aromatic nitrogens is 1. The number of carbonyl (C=O) groups excluding carboxylic acids is 1.